The zero-order valence-electron chi connectivity index (χ0n) is 19.9. The fraction of sp³-hybridized carbons (Fsp3) is 0.308. The molecule has 1 heterocycles. The number of anilines is 1. The number of benzene rings is 2. The van der Waals surface area contributed by atoms with Gasteiger partial charge in [0, 0.05) is 31.6 Å². The van der Waals surface area contributed by atoms with Gasteiger partial charge >= 0.3 is 0 Å². The average molecular weight is 463 g/mol. The van der Waals surface area contributed by atoms with E-state index < -0.39 is 6.17 Å². The third-order valence-electron chi connectivity index (χ3n) is 5.29. The topological polar surface area (TPSA) is 91.3 Å². The van der Waals surface area contributed by atoms with Crippen LogP contribution in [0.5, 0.6) is 5.75 Å². The predicted octanol–water partition coefficient (Wildman–Crippen LogP) is 3.10. The first-order valence-corrected chi connectivity index (χ1v) is 11.1. The van der Waals surface area contributed by atoms with Crippen molar-refractivity contribution < 1.29 is 19.1 Å². The Morgan fingerprint density at radius 2 is 1.91 bits per heavy atom. The highest BCUT2D eigenvalue weighted by atomic mass is 16.5. The van der Waals surface area contributed by atoms with Crippen LogP contribution in [0.1, 0.15) is 34.8 Å². The average Bonchev–Trinajstić information content (AvgIpc) is 2.84. The van der Waals surface area contributed by atoms with Gasteiger partial charge in [0.2, 0.25) is 5.91 Å². The van der Waals surface area contributed by atoms with Crippen molar-refractivity contribution in [1.82, 2.24) is 10.2 Å². The first-order valence-electron chi connectivity index (χ1n) is 11.1. The molecule has 0 aromatic heterocycles. The largest absolute Gasteiger partial charge is 0.494 e. The van der Waals surface area contributed by atoms with Gasteiger partial charge in [-0.05, 0) is 61.5 Å². The molecule has 0 bridgehead atoms. The van der Waals surface area contributed by atoms with E-state index in [0.717, 1.165) is 16.9 Å². The molecule has 1 N–H and O–H groups in total. The van der Waals surface area contributed by atoms with Crippen molar-refractivity contribution in [3.63, 3.8) is 0 Å². The number of amides is 2. The van der Waals surface area contributed by atoms with Gasteiger partial charge in [0.1, 0.15) is 5.75 Å². The summed E-state index contributed by atoms with van der Waals surface area (Å²) >= 11 is 0. The van der Waals surface area contributed by atoms with Crippen molar-refractivity contribution in [2.75, 3.05) is 25.6 Å². The maximum Gasteiger partial charge on any atom is 0.253 e. The number of aryl methyl sites for hydroxylation is 1. The zero-order chi connectivity index (χ0) is 24.7. The second kappa shape index (κ2) is 11.3. The molecule has 34 heavy (non-hydrogen) atoms. The third-order valence-corrected chi connectivity index (χ3v) is 5.29. The normalized spacial score (nSPS) is 14.3. The molecule has 0 saturated heterocycles. The van der Waals surface area contributed by atoms with Crippen molar-refractivity contribution >= 4 is 29.5 Å². The first-order chi connectivity index (χ1) is 16.3. The van der Waals surface area contributed by atoms with Gasteiger partial charge in [-0.3, -0.25) is 19.4 Å². The van der Waals surface area contributed by atoms with Gasteiger partial charge in [0.15, 0.2) is 11.9 Å². The highest BCUT2D eigenvalue weighted by molar-refractivity contribution is 6.08. The molecule has 2 aromatic carbocycles. The standard InChI is InChI=1S/C26H30N4O4/c1-5-34-23-11-10-19(14-18(23)2)17-30(21-9-6-8-20(15-21)26(33)29(3)4)24(32)16-22(31)25-27-12-7-13-28-25/h6-15,25,27H,5,16-17H2,1-4H3. The van der Waals surface area contributed by atoms with Gasteiger partial charge in [0.25, 0.3) is 5.91 Å². The van der Waals surface area contributed by atoms with Crippen molar-refractivity contribution in [1.29, 1.82) is 0 Å². The van der Waals surface area contributed by atoms with Gasteiger partial charge in [-0.25, -0.2) is 0 Å². The SMILES string of the molecule is CCOc1ccc(CN(C(=O)CC(=O)C2N=CC=CN2)c2cccc(C(=O)N(C)C)c2)cc1C. The molecular weight excluding hydrogens is 432 g/mol. The van der Waals surface area contributed by atoms with E-state index >= 15 is 0 Å². The number of Topliss-reactive ketones (excluding diaryl/α,β-unsaturated/α-hetero) is 1. The molecular formula is C26H30N4O4. The summed E-state index contributed by atoms with van der Waals surface area (Å²) in [4.78, 5) is 45.6. The molecule has 1 atom stereocenters. The van der Waals surface area contributed by atoms with Gasteiger partial charge in [-0.2, -0.15) is 0 Å². The highest BCUT2D eigenvalue weighted by Gasteiger charge is 2.25. The number of hydrogen-bond acceptors (Lipinski definition) is 6. The summed E-state index contributed by atoms with van der Waals surface area (Å²) in [5.41, 5.74) is 2.82. The summed E-state index contributed by atoms with van der Waals surface area (Å²) in [6.07, 6.45) is 3.71. The van der Waals surface area contributed by atoms with Crippen LogP contribution < -0.4 is 15.0 Å². The van der Waals surface area contributed by atoms with Crippen LogP contribution in [0.2, 0.25) is 0 Å². The number of hydrogen-bond donors (Lipinski definition) is 1. The molecule has 0 fully saturated rings. The number of nitrogens with one attached hydrogen (secondary N) is 1. The molecule has 1 unspecified atom stereocenters. The van der Waals surface area contributed by atoms with Crippen LogP contribution in [0.4, 0.5) is 5.69 Å². The van der Waals surface area contributed by atoms with Crippen LogP contribution in [0.3, 0.4) is 0 Å². The van der Waals surface area contributed by atoms with Gasteiger partial charge in [-0.1, -0.05) is 18.2 Å². The summed E-state index contributed by atoms with van der Waals surface area (Å²) in [7, 11) is 3.34. The molecule has 0 radical (unpaired) electrons. The number of ether oxygens (including phenoxy) is 1. The summed E-state index contributed by atoms with van der Waals surface area (Å²) in [5.74, 6) is -0.0986. The summed E-state index contributed by atoms with van der Waals surface area (Å²) < 4.78 is 5.62. The molecule has 0 saturated carbocycles. The Hall–Kier alpha value is -3.94. The van der Waals surface area contributed by atoms with Crippen LogP contribution in [-0.4, -0.2) is 55.6 Å². The molecule has 2 amide bonds. The number of allylic oxidation sites excluding steroid dienone is 1. The second-order valence-electron chi connectivity index (χ2n) is 8.13. The number of carbonyl (C=O) groups excluding carboxylic acids is 3. The fourth-order valence-corrected chi connectivity index (χ4v) is 3.58. The Kier molecular flexibility index (Phi) is 8.19. The van der Waals surface area contributed by atoms with Crippen molar-refractivity contribution in [2.45, 2.75) is 33.0 Å². The minimum absolute atomic E-state index is 0.172. The van der Waals surface area contributed by atoms with E-state index in [1.165, 1.54) is 16.0 Å². The van der Waals surface area contributed by atoms with Crippen molar-refractivity contribution in [2.24, 2.45) is 4.99 Å². The van der Waals surface area contributed by atoms with Gasteiger partial charge in [-0.15, -0.1) is 0 Å². The minimum Gasteiger partial charge on any atom is -0.494 e. The van der Waals surface area contributed by atoms with Crippen LogP contribution >= 0.6 is 0 Å². The molecule has 1 aliphatic rings. The Morgan fingerprint density at radius 1 is 1.12 bits per heavy atom. The van der Waals surface area contributed by atoms with Gasteiger partial charge in [0.05, 0.1) is 19.6 Å². The molecule has 2 aromatic rings. The second-order valence-corrected chi connectivity index (χ2v) is 8.13. The fourth-order valence-electron chi connectivity index (χ4n) is 3.58. The molecule has 8 heteroatoms. The maximum absolute atomic E-state index is 13.4. The summed E-state index contributed by atoms with van der Waals surface area (Å²) in [6, 6.07) is 12.6. The Morgan fingerprint density at radius 3 is 2.56 bits per heavy atom. The lowest BCUT2D eigenvalue weighted by atomic mass is 10.1. The number of carbonyl (C=O) groups is 3. The predicted molar refractivity (Wildman–Crippen MR) is 132 cm³/mol. The van der Waals surface area contributed by atoms with Crippen LogP contribution in [0.15, 0.2) is 59.7 Å². The van der Waals surface area contributed by atoms with E-state index in [2.05, 4.69) is 10.3 Å². The summed E-state index contributed by atoms with van der Waals surface area (Å²) in [5, 5.41) is 2.85. The smallest absolute Gasteiger partial charge is 0.253 e. The van der Waals surface area contributed by atoms with E-state index in [1.54, 1.807) is 50.6 Å². The third kappa shape index (κ3) is 6.10. The van der Waals surface area contributed by atoms with Gasteiger partial charge < -0.3 is 19.9 Å². The molecule has 0 spiro atoms. The number of nitrogens with zero attached hydrogens (tertiary/aromatic N) is 3. The lowest BCUT2D eigenvalue weighted by Crippen LogP contribution is -2.38. The van der Waals surface area contributed by atoms with E-state index in [9.17, 15) is 14.4 Å². The Balaban J connectivity index is 1.90. The molecule has 8 nitrogen and oxygen atoms in total. The van der Waals surface area contributed by atoms with E-state index in [1.807, 2.05) is 32.0 Å². The van der Waals surface area contributed by atoms with Crippen molar-refractivity contribution in [3.8, 4) is 5.75 Å². The van der Waals surface area contributed by atoms with Crippen molar-refractivity contribution in [3.05, 3.63) is 71.4 Å². The van der Waals surface area contributed by atoms with Crippen LogP contribution in [0, 0.1) is 6.92 Å². The Bertz CT molecular complexity index is 1120. The van der Waals surface area contributed by atoms with Crippen LogP contribution in [-0.2, 0) is 16.1 Å². The molecule has 1 aliphatic heterocycles. The molecule has 178 valence electrons. The summed E-state index contributed by atoms with van der Waals surface area (Å²) in [6.45, 7) is 4.67. The quantitative estimate of drug-likeness (QED) is 0.579. The number of aliphatic imine (C=N–C) groups is 1. The number of rotatable bonds is 9. The molecule has 0 aliphatic carbocycles. The van der Waals surface area contributed by atoms with E-state index in [-0.39, 0.29) is 30.6 Å². The highest BCUT2D eigenvalue weighted by Crippen LogP contribution is 2.24. The van der Waals surface area contributed by atoms with E-state index in [0.29, 0.717) is 17.9 Å². The minimum atomic E-state index is -0.787. The maximum atomic E-state index is 13.4. The number of ketones is 1. The Labute approximate surface area is 199 Å². The molecule has 3 rings (SSSR count). The monoisotopic (exact) mass is 462 g/mol. The zero-order valence-corrected chi connectivity index (χ0v) is 19.9. The van der Waals surface area contributed by atoms with E-state index in [4.69, 9.17) is 4.74 Å². The van der Waals surface area contributed by atoms with Crippen LogP contribution in [0.25, 0.3) is 0 Å². The lowest BCUT2D eigenvalue weighted by Gasteiger charge is -2.25. The first kappa shape index (κ1) is 24.7. The lowest BCUT2D eigenvalue weighted by molar-refractivity contribution is -0.127.